The van der Waals surface area contributed by atoms with Gasteiger partial charge in [0, 0.05) is 25.4 Å². The first-order chi connectivity index (χ1) is 10.7. The van der Waals surface area contributed by atoms with Crippen molar-refractivity contribution >= 4 is 17.4 Å². The number of hydrogen-bond donors (Lipinski definition) is 0. The van der Waals surface area contributed by atoms with Crippen molar-refractivity contribution < 1.29 is 9.53 Å². The van der Waals surface area contributed by atoms with Crippen molar-refractivity contribution in [3.05, 3.63) is 28.7 Å². The van der Waals surface area contributed by atoms with E-state index in [1.807, 2.05) is 6.07 Å². The maximum Gasteiger partial charge on any atom is 0.267 e. The minimum absolute atomic E-state index is 0.0850. The van der Waals surface area contributed by atoms with Crippen LogP contribution >= 0.6 is 11.5 Å². The van der Waals surface area contributed by atoms with Crippen LogP contribution in [-0.4, -0.2) is 49.6 Å². The zero-order valence-electron chi connectivity index (χ0n) is 11.8. The first kappa shape index (κ1) is 14.3. The number of likely N-dealkylation sites (tertiary alicyclic amines) is 1. The first-order valence-electron chi connectivity index (χ1n) is 6.65. The Hall–Kier alpha value is -2.60. The lowest BCUT2D eigenvalue weighted by molar-refractivity contribution is 0.0775. The molecule has 9 heteroatoms. The van der Waals surface area contributed by atoms with E-state index in [-0.39, 0.29) is 23.6 Å². The molecule has 1 saturated heterocycles. The zero-order valence-corrected chi connectivity index (χ0v) is 12.6. The van der Waals surface area contributed by atoms with Gasteiger partial charge in [-0.1, -0.05) is 4.49 Å². The molecule has 2 aromatic rings. The highest BCUT2D eigenvalue weighted by molar-refractivity contribution is 7.07. The van der Waals surface area contributed by atoms with E-state index >= 15 is 0 Å². The second-order valence-corrected chi connectivity index (χ2v) is 5.54. The molecule has 1 aliphatic rings. The van der Waals surface area contributed by atoms with Crippen molar-refractivity contribution in [3.8, 4) is 11.9 Å². The van der Waals surface area contributed by atoms with E-state index in [9.17, 15) is 4.79 Å². The summed E-state index contributed by atoms with van der Waals surface area (Å²) in [6.45, 7) is 2.79. The fraction of sp³-hybridized carbons (Fsp3) is 0.385. The van der Waals surface area contributed by atoms with Crippen LogP contribution in [0.2, 0.25) is 0 Å². The fourth-order valence-corrected chi connectivity index (χ4v) is 2.85. The minimum Gasteiger partial charge on any atom is -0.470 e. The summed E-state index contributed by atoms with van der Waals surface area (Å²) < 4.78 is 9.49. The van der Waals surface area contributed by atoms with Crippen molar-refractivity contribution in [3.63, 3.8) is 0 Å². The van der Waals surface area contributed by atoms with E-state index in [1.54, 1.807) is 11.8 Å². The molecule has 0 bridgehead atoms. The Balaban J connectivity index is 1.67. The van der Waals surface area contributed by atoms with E-state index in [1.165, 1.54) is 12.4 Å². The molecule has 1 amide bonds. The molecule has 3 heterocycles. The number of hydrogen-bond acceptors (Lipinski definition) is 8. The van der Waals surface area contributed by atoms with Crippen LogP contribution in [0.3, 0.4) is 0 Å². The van der Waals surface area contributed by atoms with Crippen molar-refractivity contribution in [1.29, 1.82) is 5.26 Å². The number of aromatic nitrogens is 4. The number of aryl methyl sites for hydroxylation is 1. The van der Waals surface area contributed by atoms with Gasteiger partial charge in [-0.25, -0.2) is 9.97 Å². The second kappa shape index (κ2) is 6.03. The highest BCUT2D eigenvalue weighted by atomic mass is 32.1. The first-order valence-corrected chi connectivity index (χ1v) is 7.42. The van der Waals surface area contributed by atoms with Crippen LogP contribution in [0.1, 0.15) is 27.5 Å². The monoisotopic (exact) mass is 316 g/mol. The third kappa shape index (κ3) is 2.73. The molecular formula is C13H12N6O2S. The standard InChI is InChI=1S/C13H12N6O2S/c1-8-11(22-18-17-8)13(20)19-5-2-9(7-19)21-12-10(6-14)15-3-4-16-12/h3-4,9H,2,5,7H2,1H3/t9-/m0/s1. The van der Waals surface area contributed by atoms with Gasteiger partial charge in [-0.15, -0.1) is 5.10 Å². The predicted molar refractivity (Wildman–Crippen MR) is 76.3 cm³/mol. The van der Waals surface area contributed by atoms with E-state index < -0.39 is 0 Å². The lowest BCUT2D eigenvalue weighted by atomic mass is 10.3. The number of nitriles is 1. The van der Waals surface area contributed by atoms with Gasteiger partial charge < -0.3 is 9.64 Å². The number of ether oxygens (including phenoxy) is 1. The van der Waals surface area contributed by atoms with Crippen LogP contribution in [0.5, 0.6) is 5.88 Å². The molecule has 1 aliphatic heterocycles. The van der Waals surface area contributed by atoms with E-state index in [4.69, 9.17) is 10.00 Å². The summed E-state index contributed by atoms with van der Waals surface area (Å²) in [4.78, 5) is 22.5. The molecule has 8 nitrogen and oxygen atoms in total. The van der Waals surface area contributed by atoms with Crippen LogP contribution in [-0.2, 0) is 0 Å². The van der Waals surface area contributed by atoms with Gasteiger partial charge in [0.2, 0.25) is 5.69 Å². The maximum atomic E-state index is 12.4. The summed E-state index contributed by atoms with van der Waals surface area (Å²) in [5, 5.41) is 12.8. The number of nitrogens with zero attached hydrogens (tertiary/aromatic N) is 6. The van der Waals surface area contributed by atoms with E-state index in [2.05, 4.69) is 19.6 Å². The van der Waals surface area contributed by atoms with Crippen molar-refractivity contribution in [2.24, 2.45) is 0 Å². The summed E-state index contributed by atoms with van der Waals surface area (Å²) in [5.41, 5.74) is 0.787. The second-order valence-electron chi connectivity index (χ2n) is 4.79. The highest BCUT2D eigenvalue weighted by Crippen LogP contribution is 2.21. The Morgan fingerprint density at radius 2 is 2.32 bits per heavy atom. The zero-order chi connectivity index (χ0) is 15.5. The van der Waals surface area contributed by atoms with Crippen LogP contribution in [0.15, 0.2) is 12.4 Å². The molecule has 0 unspecified atom stereocenters. The van der Waals surface area contributed by atoms with Crippen molar-refractivity contribution in [2.75, 3.05) is 13.1 Å². The number of carbonyl (C=O) groups is 1. The molecular weight excluding hydrogens is 304 g/mol. The largest absolute Gasteiger partial charge is 0.470 e. The summed E-state index contributed by atoms with van der Waals surface area (Å²) >= 11 is 1.10. The van der Waals surface area contributed by atoms with E-state index in [0.29, 0.717) is 30.1 Å². The molecule has 1 fully saturated rings. The van der Waals surface area contributed by atoms with Gasteiger partial charge in [0.25, 0.3) is 11.8 Å². The topological polar surface area (TPSA) is 105 Å². The normalized spacial score (nSPS) is 17.3. The summed E-state index contributed by atoms with van der Waals surface area (Å²) in [6, 6.07) is 1.94. The fourth-order valence-electron chi connectivity index (χ4n) is 2.23. The molecule has 0 saturated carbocycles. The smallest absolute Gasteiger partial charge is 0.267 e. The molecule has 0 aliphatic carbocycles. The Labute approximate surface area is 130 Å². The van der Waals surface area contributed by atoms with Gasteiger partial charge in [-0.3, -0.25) is 4.79 Å². The van der Waals surface area contributed by atoms with Crippen molar-refractivity contribution in [1.82, 2.24) is 24.5 Å². The van der Waals surface area contributed by atoms with Gasteiger partial charge >= 0.3 is 0 Å². The van der Waals surface area contributed by atoms with Crippen molar-refractivity contribution in [2.45, 2.75) is 19.4 Å². The SMILES string of the molecule is Cc1nnsc1C(=O)N1CC[C@H](Oc2nccnc2C#N)C1. The summed E-state index contributed by atoms with van der Waals surface area (Å²) in [5.74, 6) is 0.123. The van der Waals surface area contributed by atoms with Gasteiger partial charge in [0.15, 0.2) is 0 Å². The highest BCUT2D eigenvalue weighted by Gasteiger charge is 2.30. The molecule has 0 radical (unpaired) electrons. The average molecular weight is 316 g/mol. The third-order valence-corrected chi connectivity index (χ3v) is 4.14. The Bertz CT molecular complexity index is 740. The van der Waals surface area contributed by atoms with Gasteiger partial charge in [0.1, 0.15) is 17.1 Å². The Morgan fingerprint density at radius 3 is 3.05 bits per heavy atom. The van der Waals surface area contributed by atoms with Crippen LogP contribution < -0.4 is 4.74 Å². The molecule has 3 rings (SSSR count). The number of carbonyl (C=O) groups excluding carboxylic acids is 1. The molecule has 1 atom stereocenters. The molecule has 22 heavy (non-hydrogen) atoms. The van der Waals surface area contributed by atoms with Crippen LogP contribution in [0, 0.1) is 18.3 Å². The van der Waals surface area contributed by atoms with Crippen LogP contribution in [0.4, 0.5) is 0 Å². The molecule has 0 aromatic carbocycles. The maximum absolute atomic E-state index is 12.4. The van der Waals surface area contributed by atoms with Gasteiger partial charge in [-0.2, -0.15) is 5.26 Å². The quantitative estimate of drug-likeness (QED) is 0.824. The molecule has 0 spiro atoms. The summed E-state index contributed by atoms with van der Waals surface area (Å²) in [7, 11) is 0. The van der Waals surface area contributed by atoms with Gasteiger partial charge in [0.05, 0.1) is 12.2 Å². The minimum atomic E-state index is -0.200. The lowest BCUT2D eigenvalue weighted by Gasteiger charge is -2.16. The van der Waals surface area contributed by atoms with Gasteiger partial charge in [-0.05, 0) is 18.5 Å². The Morgan fingerprint density at radius 1 is 1.50 bits per heavy atom. The Kier molecular flexibility index (Phi) is 3.93. The van der Waals surface area contributed by atoms with Crippen LogP contribution in [0.25, 0.3) is 0 Å². The average Bonchev–Trinajstić information content (AvgIpc) is 3.16. The number of rotatable bonds is 3. The van der Waals surface area contributed by atoms with E-state index in [0.717, 1.165) is 11.5 Å². The predicted octanol–water partition coefficient (Wildman–Crippen LogP) is 0.802. The molecule has 0 N–H and O–H groups in total. The summed E-state index contributed by atoms with van der Waals surface area (Å²) in [6.07, 6.45) is 3.39. The number of amides is 1. The lowest BCUT2D eigenvalue weighted by Crippen LogP contribution is -2.31. The molecule has 2 aromatic heterocycles. The third-order valence-electron chi connectivity index (χ3n) is 3.33. The molecule has 112 valence electrons.